The number of rotatable bonds is 5. The van der Waals surface area contributed by atoms with Gasteiger partial charge in [0.2, 0.25) is 0 Å². The number of carbonyl (C=O) groups is 1. The second-order valence-electron chi connectivity index (χ2n) is 4.47. The number of amides is 1. The molecular weight excluding hydrogens is 244 g/mol. The predicted molar refractivity (Wildman–Crippen MR) is 68.6 cm³/mol. The van der Waals surface area contributed by atoms with Gasteiger partial charge in [0.25, 0.3) is 5.91 Å². The van der Waals surface area contributed by atoms with Crippen molar-refractivity contribution in [2.75, 3.05) is 5.32 Å². The molecule has 0 aliphatic heterocycles. The summed E-state index contributed by atoms with van der Waals surface area (Å²) in [5.41, 5.74) is 0.299. The molecule has 0 bridgehead atoms. The molecule has 0 unspecified atom stereocenters. The molecule has 2 aromatic heterocycles. The van der Waals surface area contributed by atoms with Gasteiger partial charge in [-0.1, -0.05) is 0 Å². The third-order valence-electron chi connectivity index (χ3n) is 2.82. The second-order valence-corrected chi connectivity index (χ2v) is 4.47. The van der Waals surface area contributed by atoms with Crippen LogP contribution in [0.3, 0.4) is 0 Å². The van der Waals surface area contributed by atoms with E-state index < -0.39 is 0 Å². The van der Waals surface area contributed by atoms with Crippen LogP contribution in [0.4, 0.5) is 5.82 Å². The Morgan fingerprint density at radius 2 is 2.26 bits per heavy atom. The smallest absolute Gasteiger partial charge is 0.271 e. The Bertz CT molecular complexity index is 547. The molecule has 0 atom stereocenters. The van der Waals surface area contributed by atoms with E-state index in [1.54, 1.807) is 24.6 Å². The number of carbonyl (C=O) groups excluding carboxylic acids is 1. The van der Waals surface area contributed by atoms with Gasteiger partial charge in [-0.15, -0.1) is 0 Å². The molecule has 2 N–H and O–H groups in total. The van der Waals surface area contributed by atoms with Gasteiger partial charge in [0, 0.05) is 6.04 Å². The van der Waals surface area contributed by atoms with Crippen molar-refractivity contribution in [2.24, 2.45) is 0 Å². The van der Waals surface area contributed by atoms with Crippen molar-refractivity contribution >= 4 is 11.7 Å². The van der Waals surface area contributed by atoms with Gasteiger partial charge in [0.1, 0.15) is 17.3 Å². The highest BCUT2D eigenvalue weighted by Gasteiger charge is 2.21. The third kappa shape index (κ3) is 3.09. The van der Waals surface area contributed by atoms with E-state index in [1.807, 2.05) is 0 Å². The van der Waals surface area contributed by atoms with Crippen molar-refractivity contribution in [1.29, 1.82) is 0 Å². The number of aromatic nitrogens is 2. The van der Waals surface area contributed by atoms with Gasteiger partial charge < -0.3 is 15.1 Å². The van der Waals surface area contributed by atoms with Crippen molar-refractivity contribution in [3.63, 3.8) is 0 Å². The second kappa shape index (κ2) is 5.09. The van der Waals surface area contributed by atoms with Crippen LogP contribution in [-0.2, 0) is 6.54 Å². The summed E-state index contributed by atoms with van der Waals surface area (Å²) in [6.45, 7) is 0.343. The molecular formula is C13H14N4O2. The fraction of sp³-hybridized carbons (Fsp3) is 0.308. The van der Waals surface area contributed by atoms with Gasteiger partial charge >= 0.3 is 0 Å². The van der Waals surface area contributed by atoms with Crippen LogP contribution in [0.25, 0.3) is 0 Å². The largest absolute Gasteiger partial charge is 0.467 e. The molecule has 19 heavy (non-hydrogen) atoms. The SMILES string of the molecule is O=C(NCc1ccco1)c1cnc(NC2CC2)cn1. The van der Waals surface area contributed by atoms with Crippen LogP contribution in [0.1, 0.15) is 29.1 Å². The van der Waals surface area contributed by atoms with E-state index in [0.29, 0.717) is 29.9 Å². The predicted octanol–water partition coefficient (Wildman–Crippen LogP) is 1.57. The summed E-state index contributed by atoms with van der Waals surface area (Å²) >= 11 is 0. The molecule has 0 aromatic carbocycles. The lowest BCUT2D eigenvalue weighted by Gasteiger charge is -2.04. The molecule has 1 saturated carbocycles. The highest BCUT2D eigenvalue weighted by molar-refractivity contribution is 5.91. The molecule has 0 radical (unpaired) electrons. The van der Waals surface area contributed by atoms with E-state index in [1.165, 1.54) is 19.0 Å². The molecule has 1 aliphatic carbocycles. The topological polar surface area (TPSA) is 80.0 Å². The molecule has 98 valence electrons. The number of anilines is 1. The van der Waals surface area contributed by atoms with Crippen LogP contribution >= 0.6 is 0 Å². The van der Waals surface area contributed by atoms with Gasteiger partial charge in [0.05, 0.1) is 25.2 Å². The van der Waals surface area contributed by atoms with Crippen LogP contribution in [0, 0.1) is 0 Å². The monoisotopic (exact) mass is 258 g/mol. The summed E-state index contributed by atoms with van der Waals surface area (Å²) in [7, 11) is 0. The van der Waals surface area contributed by atoms with Gasteiger partial charge in [-0.3, -0.25) is 4.79 Å². The van der Waals surface area contributed by atoms with E-state index >= 15 is 0 Å². The van der Waals surface area contributed by atoms with Crippen molar-refractivity contribution in [3.8, 4) is 0 Å². The molecule has 0 spiro atoms. The first-order chi connectivity index (χ1) is 9.31. The van der Waals surface area contributed by atoms with Crippen molar-refractivity contribution in [1.82, 2.24) is 15.3 Å². The lowest BCUT2D eigenvalue weighted by Crippen LogP contribution is -2.23. The van der Waals surface area contributed by atoms with Gasteiger partial charge in [-0.25, -0.2) is 9.97 Å². The lowest BCUT2D eigenvalue weighted by atomic mass is 10.4. The first-order valence-corrected chi connectivity index (χ1v) is 6.20. The van der Waals surface area contributed by atoms with E-state index in [9.17, 15) is 4.79 Å². The van der Waals surface area contributed by atoms with E-state index in [4.69, 9.17) is 4.42 Å². The highest BCUT2D eigenvalue weighted by Crippen LogP contribution is 2.23. The van der Waals surface area contributed by atoms with E-state index in [0.717, 1.165) is 0 Å². The summed E-state index contributed by atoms with van der Waals surface area (Å²) < 4.78 is 5.13. The fourth-order valence-corrected chi connectivity index (χ4v) is 1.63. The Hall–Kier alpha value is -2.37. The summed E-state index contributed by atoms with van der Waals surface area (Å²) in [6.07, 6.45) is 6.97. The Balaban J connectivity index is 1.56. The third-order valence-corrected chi connectivity index (χ3v) is 2.82. The normalized spacial score (nSPS) is 14.1. The molecule has 6 nitrogen and oxygen atoms in total. The minimum absolute atomic E-state index is 0.262. The maximum atomic E-state index is 11.8. The Morgan fingerprint density at radius 3 is 2.89 bits per heavy atom. The summed E-state index contributed by atoms with van der Waals surface area (Å²) in [5, 5.41) is 5.93. The first kappa shape index (κ1) is 11.7. The van der Waals surface area contributed by atoms with Crippen LogP contribution in [0.5, 0.6) is 0 Å². The zero-order valence-corrected chi connectivity index (χ0v) is 10.3. The van der Waals surface area contributed by atoms with Crippen molar-refractivity contribution < 1.29 is 9.21 Å². The molecule has 1 aliphatic rings. The highest BCUT2D eigenvalue weighted by atomic mass is 16.3. The minimum atomic E-state index is -0.262. The lowest BCUT2D eigenvalue weighted by molar-refractivity contribution is 0.0942. The van der Waals surface area contributed by atoms with Crippen LogP contribution in [0.15, 0.2) is 35.2 Å². The van der Waals surface area contributed by atoms with Gasteiger partial charge in [0.15, 0.2) is 0 Å². The molecule has 6 heteroatoms. The maximum Gasteiger partial charge on any atom is 0.271 e. The molecule has 1 amide bonds. The molecule has 1 fully saturated rings. The zero-order chi connectivity index (χ0) is 13.1. The van der Waals surface area contributed by atoms with Crippen LogP contribution < -0.4 is 10.6 Å². The number of nitrogens with one attached hydrogen (secondary N) is 2. The molecule has 3 rings (SSSR count). The average Bonchev–Trinajstić information content (AvgIpc) is 3.09. The number of hydrogen-bond acceptors (Lipinski definition) is 5. The van der Waals surface area contributed by atoms with Crippen LogP contribution in [0.2, 0.25) is 0 Å². The Kier molecular flexibility index (Phi) is 3.14. The number of furan rings is 1. The quantitative estimate of drug-likeness (QED) is 0.851. The number of nitrogens with zero attached hydrogens (tertiary/aromatic N) is 2. The summed E-state index contributed by atoms with van der Waals surface area (Å²) in [5.74, 6) is 1.15. The summed E-state index contributed by atoms with van der Waals surface area (Å²) in [4.78, 5) is 20.1. The average molecular weight is 258 g/mol. The summed E-state index contributed by atoms with van der Waals surface area (Å²) in [6, 6.07) is 4.10. The number of hydrogen-bond donors (Lipinski definition) is 2. The van der Waals surface area contributed by atoms with E-state index in [2.05, 4.69) is 20.6 Å². The zero-order valence-electron chi connectivity index (χ0n) is 10.3. The molecule has 0 saturated heterocycles. The van der Waals surface area contributed by atoms with Gasteiger partial charge in [-0.05, 0) is 25.0 Å². The fourth-order valence-electron chi connectivity index (χ4n) is 1.63. The van der Waals surface area contributed by atoms with Crippen molar-refractivity contribution in [3.05, 3.63) is 42.2 Å². The Morgan fingerprint density at radius 1 is 1.37 bits per heavy atom. The van der Waals surface area contributed by atoms with Crippen LogP contribution in [-0.4, -0.2) is 21.9 Å². The first-order valence-electron chi connectivity index (χ1n) is 6.20. The van der Waals surface area contributed by atoms with Gasteiger partial charge in [-0.2, -0.15) is 0 Å². The maximum absolute atomic E-state index is 11.8. The Labute approximate surface area is 110 Å². The van der Waals surface area contributed by atoms with E-state index in [-0.39, 0.29) is 5.91 Å². The standard InChI is InChI=1S/C13H14N4O2/c18-13(16-6-10-2-1-5-19-10)11-7-15-12(8-14-11)17-9-3-4-9/h1-2,5,7-9H,3-4,6H2,(H,15,17)(H,16,18). The van der Waals surface area contributed by atoms with Crippen molar-refractivity contribution in [2.45, 2.75) is 25.4 Å². The molecule has 2 heterocycles. The molecule has 2 aromatic rings. The minimum Gasteiger partial charge on any atom is -0.467 e.